The van der Waals surface area contributed by atoms with Gasteiger partial charge >= 0.3 is 17.3 Å². The summed E-state index contributed by atoms with van der Waals surface area (Å²) in [5.74, 6) is -5.16. The number of aliphatic hydroxyl groups is 9. The molecule has 3 aliphatic heterocycles. The highest BCUT2D eigenvalue weighted by atomic mass is 16.7. The van der Waals surface area contributed by atoms with Crippen LogP contribution in [0.25, 0.3) is 28.4 Å². The van der Waals surface area contributed by atoms with Gasteiger partial charge in [-0.3, -0.25) is 0 Å². The Morgan fingerprint density at radius 3 is 1.89 bits per heavy atom. The number of fused-ring (bicyclic) bond motifs is 1. The van der Waals surface area contributed by atoms with Gasteiger partial charge in [0, 0.05) is 30.3 Å². The van der Waals surface area contributed by atoms with Gasteiger partial charge in [-0.1, -0.05) is 12.1 Å². The van der Waals surface area contributed by atoms with E-state index in [1.807, 2.05) is 0 Å². The SMILES string of the molecule is CC1OC(OCC2OC(Oc3cc4c(OC5OC(CO)C(O)C(O)C5O)cc(O)cc4[o+]c3-c3cc(O)c(O)c(O)c3)C(O)C(O)C2O)C(O)C(OC(=O)/C=C/c2ccc(O)cc2)C1O. The normalized spacial score (nSPS) is 32.9. The molecule has 0 radical (unpaired) electrons. The standard InChI is InChI=1S/C42H46O23/c1-15-29(49)39(65-28(48)7-4-16-2-5-18(44)6-3-16)37(57)40(59-15)58-14-27-32(52)34(54)36(56)42(64-27)62-25-12-20-23(60-38(25)17-8-21(46)30(50)22(47)9-17)10-19(45)11-24(20)61-41-35(55)33(53)31(51)26(13-43)63-41/h2-12,15,26-27,29,31-37,39-43,49,51-57H,13-14H2,1H3,(H4-,44,45,46,47,48,50)/p+1. The Morgan fingerprint density at radius 1 is 0.662 bits per heavy atom. The molecular weight excluding hydrogens is 872 g/mol. The Kier molecular flexibility index (Phi) is 14.2. The molecule has 4 aromatic rings. The molecule has 7 rings (SSSR count). The number of esters is 1. The van der Waals surface area contributed by atoms with Crippen molar-refractivity contribution in [3.63, 3.8) is 0 Å². The van der Waals surface area contributed by atoms with E-state index in [2.05, 4.69) is 0 Å². The Labute approximate surface area is 366 Å². The molecule has 0 aliphatic carbocycles. The van der Waals surface area contributed by atoms with Crippen LogP contribution >= 0.6 is 0 Å². The molecule has 65 heavy (non-hydrogen) atoms. The number of aliphatic hydroxyl groups excluding tert-OH is 9. The number of ether oxygens (including phenoxy) is 7. The van der Waals surface area contributed by atoms with Crippen molar-refractivity contribution < 1.29 is 114 Å². The van der Waals surface area contributed by atoms with E-state index in [0.29, 0.717) is 5.56 Å². The molecule has 0 bridgehead atoms. The second-order valence-corrected chi connectivity index (χ2v) is 15.5. The van der Waals surface area contributed by atoms with Gasteiger partial charge in [0.15, 0.2) is 29.6 Å². The first-order valence-corrected chi connectivity index (χ1v) is 19.9. The first-order chi connectivity index (χ1) is 30.8. The number of phenolic OH excluding ortho intramolecular Hbond substituents is 5. The Balaban J connectivity index is 1.15. The summed E-state index contributed by atoms with van der Waals surface area (Å²) in [6, 6.07) is 11.0. The average molecular weight is 920 g/mol. The van der Waals surface area contributed by atoms with Crippen LogP contribution in [-0.4, -0.2) is 183 Å². The molecule has 352 valence electrons. The third kappa shape index (κ3) is 9.97. The summed E-state index contributed by atoms with van der Waals surface area (Å²) in [6.45, 7) is -0.0990. The van der Waals surface area contributed by atoms with Gasteiger partial charge in [0.25, 0.3) is 0 Å². The van der Waals surface area contributed by atoms with E-state index in [1.54, 1.807) is 0 Å². The first kappa shape index (κ1) is 47.3. The molecule has 14 N–H and O–H groups in total. The lowest BCUT2D eigenvalue weighted by atomic mass is 9.98. The summed E-state index contributed by atoms with van der Waals surface area (Å²) >= 11 is 0. The number of phenols is 5. The van der Waals surface area contributed by atoms with E-state index in [4.69, 9.17) is 37.6 Å². The zero-order valence-corrected chi connectivity index (χ0v) is 33.9. The van der Waals surface area contributed by atoms with Gasteiger partial charge in [-0.2, -0.15) is 0 Å². The zero-order chi connectivity index (χ0) is 47.0. The third-order valence-corrected chi connectivity index (χ3v) is 10.9. The van der Waals surface area contributed by atoms with Gasteiger partial charge in [-0.15, -0.1) is 0 Å². The molecule has 4 heterocycles. The van der Waals surface area contributed by atoms with Crippen molar-refractivity contribution in [2.45, 2.75) is 99.0 Å². The number of rotatable bonds is 12. The molecule has 3 aromatic carbocycles. The van der Waals surface area contributed by atoms with E-state index >= 15 is 0 Å². The van der Waals surface area contributed by atoms with E-state index in [1.165, 1.54) is 37.3 Å². The van der Waals surface area contributed by atoms with Crippen molar-refractivity contribution in [2.75, 3.05) is 13.2 Å². The molecule has 1 aromatic heterocycles. The molecule has 3 aliphatic rings. The molecule has 3 fully saturated rings. The lowest BCUT2D eigenvalue weighted by Gasteiger charge is -2.43. The molecule has 0 saturated carbocycles. The van der Waals surface area contributed by atoms with Gasteiger partial charge in [-0.25, -0.2) is 9.21 Å². The van der Waals surface area contributed by atoms with Gasteiger partial charge in [-0.05, 0) is 30.7 Å². The highest BCUT2D eigenvalue weighted by Gasteiger charge is 2.50. The van der Waals surface area contributed by atoms with Gasteiger partial charge < -0.3 is 105 Å². The van der Waals surface area contributed by atoms with Crippen molar-refractivity contribution in [2.24, 2.45) is 0 Å². The van der Waals surface area contributed by atoms with Crippen LogP contribution in [0.3, 0.4) is 0 Å². The predicted molar refractivity (Wildman–Crippen MR) is 214 cm³/mol. The fourth-order valence-corrected chi connectivity index (χ4v) is 7.25. The van der Waals surface area contributed by atoms with Crippen LogP contribution in [0.1, 0.15) is 12.5 Å². The molecule has 0 spiro atoms. The summed E-state index contributed by atoms with van der Waals surface area (Å²) in [4.78, 5) is 12.7. The second kappa shape index (κ2) is 19.4. The van der Waals surface area contributed by atoms with Gasteiger partial charge in [0.05, 0.1) is 30.9 Å². The van der Waals surface area contributed by atoms with E-state index in [-0.39, 0.29) is 33.8 Å². The topological polar surface area (TPSA) is 376 Å². The summed E-state index contributed by atoms with van der Waals surface area (Å²) < 4.78 is 45.8. The van der Waals surface area contributed by atoms with Crippen molar-refractivity contribution in [3.05, 3.63) is 66.2 Å². The van der Waals surface area contributed by atoms with E-state index < -0.39 is 140 Å². The predicted octanol–water partition coefficient (Wildman–Crippen LogP) is -1.62. The summed E-state index contributed by atoms with van der Waals surface area (Å²) in [5.41, 5.74) is 0.124. The van der Waals surface area contributed by atoms with Crippen molar-refractivity contribution in [1.82, 2.24) is 0 Å². The highest BCUT2D eigenvalue weighted by molar-refractivity contribution is 5.89. The fraction of sp³-hybridized carbons (Fsp3) is 0.429. The van der Waals surface area contributed by atoms with E-state index in [9.17, 15) is 76.3 Å². The van der Waals surface area contributed by atoms with Crippen LogP contribution in [0.2, 0.25) is 0 Å². The maximum absolute atomic E-state index is 12.7. The Morgan fingerprint density at radius 2 is 1.26 bits per heavy atom. The minimum atomic E-state index is -2.04. The van der Waals surface area contributed by atoms with Crippen molar-refractivity contribution in [1.29, 1.82) is 0 Å². The number of carbonyl (C=O) groups is 1. The molecule has 23 nitrogen and oxygen atoms in total. The molecule has 15 unspecified atom stereocenters. The first-order valence-electron chi connectivity index (χ1n) is 19.9. The molecule has 3 saturated heterocycles. The third-order valence-electron chi connectivity index (χ3n) is 10.9. The zero-order valence-electron chi connectivity index (χ0n) is 33.9. The lowest BCUT2D eigenvalue weighted by molar-refractivity contribution is -0.319. The van der Waals surface area contributed by atoms with Crippen LogP contribution in [0, 0.1) is 0 Å². The number of hydrogen-bond acceptors (Lipinski definition) is 22. The van der Waals surface area contributed by atoms with Crippen molar-refractivity contribution >= 4 is 23.0 Å². The molecule has 23 heteroatoms. The number of hydrogen-bond donors (Lipinski definition) is 14. The van der Waals surface area contributed by atoms with E-state index in [0.717, 1.165) is 36.4 Å². The summed E-state index contributed by atoms with van der Waals surface area (Å²) in [5, 5.41) is 147. The largest absolute Gasteiger partial charge is 0.508 e. The Bertz CT molecular complexity index is 2320. The van der Waals surface area contributed by atoms with Crippen LogP contribution in [-0.2, 0) is 28.5 Å². The monoisotopic (exact) mass is 919 g/mol. The number of aromatic hydroxyl groups is 5. The average Bonchev–Trinajstić information content (AvgIpc) is 3.27. The van der Waals surface area contributed by atoms with Crippen LogP contribution in [0.4, 0.5) is 0 Å². The second-order valence-electron chi connectivity index (χ2n) is 15.5. The maximum atomic E-state index is 12.7. The quantitative estimate of drug-likeness (QED) is 0.0329. The molecule has 15 atom stereocenters. The number of benzene rings is 3. The van der Waals surface area contributed by atoms with Crippen molar-refractivity contribution in [3.8, 4) is 51.6 Å². The summed E-state index contributed by atoms with van der Waals surface area (Å²) in [6.07, 6.45) is -23.4. The summed E-state index contributed by atoms with van der Waals surface area (Å²) in [7, 11) is 0. The van der Waals surface area contributed by atoms with Crippen LogP contribution < -0.4 is 9.47 Å². The van der Waals surface area contributed by atoms with Crippen LogP contribution in [0.15, 0.2) is 65.1 Å². The molecule has 0 amide bonds. The lowest BCUT2D eigenvalue weighted by Crippen LogP contribution is -2.62. The molecular formula is C42H47O23+. The fourth-order valence-electron chi connectivity index (χ4n) is 7.25. The van der Waals surface area contributed by atoms with Gasteiger partial charge in [0.2, 0.25) is 18.3 Å². The highest BCUT2D eigenvalue weighted by Crippen LogP contribution is 2.45. The minimum Gasteiger partial charge on any atom is -0.508 e. The van der Waals surface area contributed by atoms with Crippen LogP contribution in [0.5, 0.6) is 40.2 Å². The maximum Gasteiger partial charge on any atom is 0.402 e. The smallest absolute Gasteiger partial charge is 0.402 e. The Hall–Kier alpha value is -5.64. The minimum absolute atomic E-state index is 0.00403. The number of carbonyl (C=O) groups excluding carboxylic acids is 1. The van der Waals surface area contributed by atoms with Gasteiger partial charge in [0.1, 0.15) is 83.7 Å².